The van der Waals surface area contributed by atoms with E-state index < -0.39 is 11.7 Å². The fraction of sp³-hybridized carbons (Fsp3) is 0.0811. The number of imidazole rings is 1. The first-order valence-electron chi connectivity index (χ1n) is 15.1. The Labute approximate surface area is 279 Å². The van der Waals surface area contributed by atoms with Gasteiger partial charge in [0.1, 0.15) is 17.4 Å². The Bertz CT molecular complexity index is 2170. The average Bonchev–Trinajstić information content (AvgIpc) is 3.68. The standard InChI is InChI=1S/C37H29FN6O3S/c1-48-37-42-33(34(43-37)23-16-17-39-31(19-23)40-25-10-3-2-4-11-25)22-9-7-12-26(18-22)41-35(46)32-28(30(45)15-14-29(32)38)21-44-20-24-8-5-6-13-27(24)36(44)47/h2-19,45H,20-21H2,1H3,(H,39,40)(H,41,46)(H,42,43). The Kier molecular flexibility index (Phi) is 8.35. The largest absolute Gasteiger partial charge is 0.508 e. The summed E-state index contributed by atoms with van der Waals surface area (Å²) in [6.45, 7) is 0.153. The number of thioether (sulfide) groups is 1. The molecule has 1 aliphatic heterocycles. The topological polar surface area (TPSA) is 123 Å². The highest BCUT2D eigenvalue weighted by atomic mass is 32.2. The van der Waals surface area contributed by atoms with Gasteiger partial charge in [-0.1, -0.05) is 60.3 Å². The number of anilines is 3. The van der Waals surface area contributed by atoms with Crippen LogP contribution in [-0.4, -0.2) is 43.0 Å². The smallest absolute Gasteiger partial charge is 0.259 e. The number of rotatable bonds is 9. The normalized spacial score (nSPS) is 12.2. The van der Waals surface area contributed by atoms with Gasteiger partial charge in [-0.2, -0.15) is 0 Å². The van der Waals surface area contributed by atoms with Crippen molar-refractivity contribution in [3.8, 4) is 28.3 Å². The Balaban J connectivity index is 1.17. The van der Waals surface area contributed by atoms with Crippen molar-refractivity contribution in [2.45, 2.75) is 18.2 Å². The van der Waals surface area contributed by atoms with Crippen LogP contribution in [0.1, 0.15) is 31.8 Å². The highest BCUT2D eigenvalue weighted by Gasteiger charge is 2.30. The number of nitrogens with zero attached hydrogens (tertiary/aromatic N) is 3. The molecule has 11 heteroatoms. The van der Waals surface area contributed by atoms with Crippen LogP contribution in [0.2, 0.25) is 0 Å². The molecule has 4 N–H and O–H groups in total. The first-order valence-corrected chi connectivity index (χ1v) is 16.3. The number of pyridine rings is 1. The molecule has 3 heterocycles. The number of aromatic hydroxyl groups is 1. The Morgan fingerprint density at radius 2 is 1.75 bits per heavy atom. The number of benzene rings is 4. The molecule has 0 fully saturated rings. The van der Waals surface area contributed by atoms with Crippen molar-refractivity contribution >= 4 is 40.8 Å². The number of nitrogens with one attached hydrogen (secondary N) is 3. The van der Waals surface area contributed by atoms with Crippen LogP contribution < -0.4 is 10.6 Å². The van der Waals surface area contributed by atoms with Crippen molar-refractivity contribution in [3.05, 3.63) is 137 Å². The molecule has 0 atom stereocenters. The number of hydrogen-bond acceptors (Lipinski definition) is 7. The third-order valence-corrected chi connectivity index (χ3v) is 8.65. The summed E-state index contributed by atoms with van der Waals surface area (Å²) in [6.07, 6.45) is 3.64. The molecule has 0 radical (unpaired) electrons. The third-order valence-electron chi connectivity index (χ3n) is 8.07. The van der Waals surface area contributed by atoms with Gasteiger partial charge >= 0.3 is 0 Å². The second-order valence-electron chi connectivity index (χ2n) is 11.2. The molecule has 0 spiro atoms. The van der Waals surface area contributed by atoms with E-state index in [9.17, 15) is 14.7 Å². The molecule has 6 aromatic rings. The Morgan fingerprint density at radius 1 is 0.958 bits per heavy atom. The lowest BCUT2D eigenvalue weighted by molar-refractivity contribution is 0.0763. The van der Waals surface area contributed by atoms with Gasteiger partial charge < -0.3 is 25.6 Å². The second-order valence-corrected chi connectivity index (χ2v) is 12.0. The minimum Gasteiger partial charge on any atom is -0.508 e. The molecule has 4 aromatic carbocycles. The molecule has 238 valence electrons. The van der Waals surface area contributed by atoms with E-state index in [2.05, 4.69) is 20.6 Å². The van der Waals surface area contributed by atoms with Crippen molar-refractivity contribution in [2.75, 3.05) is 16.9 Å². The van der Waals surface area contributed by atoms with E-state index in [0.717, 1.165) is 28.6 Å². The van der Waals surface area contributed by atoms with Gasteiger partial charge in [0.15, 0.2) is 5.16 Å². The predicted octanol–water partition coefficient (Wildman–Crippen LogP) is 7.86. The Morgan fingerprint density at radius 3 is 2.56 bits per heavy atom. The van der Waals surface area contributed by atoms with Gasteiger partial charge in [-0.25, -0.2) is 14.4 Å². The zero-order valence-corrected chi connectivity index (χ0v) is 26.5. The molecular formula is C37H29FN6O3S. The molecule has 0 saturated heterocycles. The summed E-state index contributed by atoms with van der Waals surface area (Å²) < 4.78 is 15.3. The number of halogens is 1. The summed E-state index contributed by atoms with van der Waals surface area (Å²) in [4.78, 5) is 40.8. The molecule has 2 aromatic heterocycles. The number of phenolic OH excluding ortho intramolecular Hbond substituents is 1. The monoisotopic (exact) mass is 656 g/mol. The minimum absolute atomic E-state index is 0.0293. The number of aromatic amines is 1. The van der Waals surface area contributed by atoms with Gasteiger partial charge in [0.05, 0.1) is 23.5 Å². The maximum atomic E-state index is 15.3. The summed E-state index contributed by atoms with van der Waals surface area (Å²) in [5.41, 5.74) is 5.37. The van der Waals surface area contributed by atoms with Crippen LogP contribution in [0.3, 0.4) is 0 Å². The first-order chi connectivity index (χ1) is 23.4. The van der Waals surface area contributed by atoms with Crippen LogP contribution >= 0.6 is 11.8 Å². The van der Waals surface area contributed by atoms with Gasteiger partial charge in [0.25, 0.3) is 11.8 Å². The summed E-state index contributed by atoms with van der Waals surface area (Å²) >= 11 is 1.46. The molecule has 0 unspecified atom stereocenters. The van der Waals surface area contributed by atoms with Crippen LogP contribution in [0, 0.1) is 5.82 Å². The van der Waals surface area contributed by atoms with Crippen molar-refractivity contribution < 1.29 is 19.1 Å². The van der Waals surface area contributed by atoms with Gasteiger partial charge in [-0.15, -0.1) is 0 Å². The number of para-hydroxylation sites is 1. The fourth-order valence-electron chi connectivity index (χ4n) is 5.77. The maximum absolute atomic E-state index is 15.3. The van der Waals surface area contributed by atoms with Gasteiger partial charge in [0, 0.05) is 46.4 Å². The van der Waals surface area contributed by atoms with Crippen molar-refractivity contribution in [3.63, 3.8) is 0 Å². The molecule has 7 rings (SSSR count). The number of carbonyl (C=O) groups is 2. The highest BCUT2D eigenvalue weighted by Crippen LogP contribution is 2.35. The molecule has 48 heavy (non-hydrogen) atoms. The minimum atomic E-state index is -0.808. The lowest BCUT2D eigenvalue weighted by atomic mass is 10.0. The quantitative estimate of drug-likeness (QED) is 0.117. The fourth-order valence-corrected chi connectivity index (χ4v) is 6.16. The number of aromatic nitrogens is 3. The van der Waals surface area contributed by atoms with Crippen LogP contribution in [0.5, 0.6) is 5.75 Å². The maximum Gasteiger partial charge on any atom is 0.259 e. The SMILES string of the molecule is CSc1nc(-c2cccc(NC(=O)c3c(F)ccc(O)c3CN3Cc4ccccc4C3=O)c2)c(-c2ccnc(Nc3ccccc3)c2)[nH]1. The van der Waals surface area contributed by atoms with E-state index >= 15 is 4.39 Å². The molecule has 0 saturated carbocycles. The number of fused-ring (bicyclic) bond motifs is 1. The van der Waals surface area contributed by atoms with E-state index in [1.807, 2.05) is 66.9 Å². The summed E-state index contributed by atoms with van der Waals surface area (Å²) in [5, 5.41) is 17.6. The van der Waals surface area contributed by atoms with Gasteiger partial charge in [-0.05, 0) is 66.4 Å². The highest BCUT2D eigenvalue weighted by molar-refractivity contribution is 7.98. The average molecular weight is 657 g/mol. The van der Waals surface area contributed by atoms with Gasteiger partial charge in [-0.3, -0.25) is 9.59 Å². The van der Waals surface area contributed by atoms with Crippen LogP contribution in [-0.2, 0) is 13.1 Å². The van der Waals surface area contributed by atoms with E-state index in [0.29, 0.717) is 40.0 Å². The van der Waals surface area contributed by atoms with E-state index in [4.69, 9.17) is 4.98 Å². The lowest BCUT2D eigenvalue weighted by Gasteiger charge is -2.19. The second kappa shape index (κ2) is 13.0. The Hall–Kier alpha value is -5.94. The first kappa shape index (κ1) is 30.7. The molecule has 9 nitrogen and oxygen atoms in total. The zero-order chi connectivity index (χ0) is 33.2. The molecule has 0 bridgehead atoms. The van der Waals surface area contributed by atoms with E-state index in [1.165, 1.54) is 22.7 Å². The summed E-state index contributed by atoms with van der Waals surface area (Å²) in [5.74, 6) is -1.42. The zero-order valence-electron chi connectivity index (χ0n) is 25.7. The summed E-state index contributed by atoms with van der Waals surface area (Å²) in [6, 6.07) is 30.1. The predicted molar refractivity (Wildman–Crippen MR) is 185 cm³/mol. The van der Waals surface area contributed by atoms with E-state index in [-0.39, 0.29) is 29.3 Å². The van der Waals surface area contributed by atoms with Crippen molar-refractivity contribution in [1.29, 1.82) is 0 Å². The number of H-pyrrole nitrogens is 1. The van der Waals surface area contributed by atoms with Crippen molar-refractivity contribution in [1.82, 2.24) is 19.9 Å². The molecular weight excluding hydrogens is 628 g/mol. The van der Waals surface area contributed by atoms with Crippen LogP contribution in [0.25, 0.3) is 22.5 Å². The van der Waals surface area contributed by atoms with Crippen LogP contribution in [0.4, 0.5) is 21.6 Å². The van der Waals surface area contributed by atoms with Crippen LogP contribution in [0.15, 0.2) is 114 Å². The van der Waals surface area contributed by atoms with Gasteiger partial charge in [0.2, 0.25) is 0 Å². The summed E-state index contributed by atoms with van der Waals surface area (Å²) in [7, 11) is 0. The molecule has 1 aliphatic rings. The molecule has 0 aliphatic carbocycles. The molecule has 2 amide bonds. The lowest BCUT2D eigenvalue weighted by Crippen LogP contribution is -2.26. The van der Waals surface area contributed by atoms with Crippen molar-refractivity contribution in [2.24, 2.45) is 0 Å². The number of carbonyl (C=O) groups excluding carboxylic acids is 2. The number of amides is 2. The van der Waals surface area contributed by atoms with E-state index in [1.54, 1.807) is 36.5 Å². The number of hydrogen-bond donors (Lipinski definition) is 4. The third kappa shape index (κ3) is 6.10. The number of phenols is 1.